The monoisotopic (exact) mass is 282 g/mol. The van der Waals surface area contributed by atoms with Crippen molar-refractivity contribution in [2.75, 3.05) is 6.54 Å². The van der Waals surface area contributed by atoms with Gasteiger partial charge in [-0.2, -0.15) is 0 Å². The third-order valence-corrected chi connectivity index (χ3v) is 3.81. The van der Waals surface area contributed by atoms with E-state index in [-0.39, 0.29) is 5.91 Å². The summed E-state index contributed by atoms with van der Waals surface area (Å²) in [5.41, 5.74) is 7.89. The Balaban J connectivity index is 2.25. The maximum absolute atomic E-state index is 11.0. The third kappa shape index (κ3) is 2.28. The van der Waals surface area contributed by atoms with Crippen molar-refractivity contribution in [3.8, 4) is 0 Å². The van der Waals surface area contributed by atoms with Gasteiger partial charge in [0.15, 0.2) is 0 Å². The molecule has 0 saturated heterocycles. The van der Waals surface area contributed by atoms with Crippen LogP contribution in [0.2, 0.25) is 0 Å². The molecule has 1 aliphatic rings. The minimum absolute atomic E-state index is 0.259. The highest BCUT2D eigenvalue weighted by Crippen LogP contribution is 2.28. The van der Waals surface area contributed by atoms with Crippen LogP contribution >= 0.6 is 15.9 Å². The first-order valence-corrected chi connectivity index (χ1v) is 6.16. The van der Waals surface area contributed by atoms with E-state index in [4.69, 9.17) is 5.73 Å². The molecule has 0 bridgehead atoms. The van der Waals surface area contributed by atoms with E-state index in [1.807, 2.05) is 6.07 Å². The molecular weight excluding hydrogens is 268 g/mol. The minimum atomic E-state index is -0.259. The highest BCUT2D eigenvalue weighted by atomic mass is 79.9. The molecule has 16 heavy (non-hydrogen) atoms. The molecule has 2 rings (SSSR count). The molecule has 1 unspecified atom stereocenters. The number of carbonyl (C=O) groups excluding carboxylic acids is 1. The van der Waals surface area contributed by atoms with Crippen molar-refractivity contribution in [1.29, 1.82) is 0 Å². The van der Waals surface area contributed by atoms with Crippen LogP contribution in [0.5, 0.6) is 0 Å². The second kappa shape index (κ2) is 4.55. The number of nitrogens with two attached hydrogens (primary N) is 1. The van der Waals surface area contributed by atoms with Gasteiger partial charge in [0.25, 0.3) is 0 Å². The number of hydrogen-bond donors (Lipinski definition) is 1. The van der Waals surface area contributed by atoms with Gasteiger partial charge in [-0.1, -0.05) is 28.1 Å². The summed E-state index contributed by atoms with van der Waals surface area (Å²) in [6.45, 7) is 3.28. The smallest absolute Gasteiger partial charge is 0.231 e. The fraction of sp³-hybridized carbons (Fsp3) is 0.417. The summed E-state index contributed by atoms with van der Waals surface area (Å²) in [6, 6.07) is 6.56. The number of carbonyl (C=O) groups is 1. The first-order chi connectivity index (χ1) is 7.58. The van der Waals surface area contributed by atoms with Gasteiger partial charge in [0.2, 0.25) is 5.91 Å². The van der Waals surface area contributed by atoms with Crippen LogP contribution in [-0.2, 0) is 17.8 Å². The molecule has 1 aliphatic heterocycles. The molecule has 0 spiro atoms. The molecule has 2 N–H and O–H groups in total. The molecule has 1 aromatic carbocycles. The average Bonchev–Trinajstić information content (AvgIpc) is 2.20. The fourth-order valence-corrected chi connectivity index (χ4v) is 2.76. The highest BCUT2D eigenvalue weighted by molar-refractivity contribution is 9.10. The van der Waals surface area contributed by atoms with E-state index in [0.29, 0.717) is 12.6 Å². The van der Waals surface area contributed by atoms with Gasteiger partial charge in [-0.3, -0.25) is 9.69 Å². The van der Waals surface area contributed by atoms with E-state index in [1.165, 1.54) is 11.1 Å². The number of nitrogens with zero attached hydrogens (tertiary/aromatic N) is 1. The number of fused-ring (bicyclic) bond motifs is 1. The molecule has 0 aromatic heterocycles. The summed E-state index contributed by atoms with van der Waals surface area (Å²) in [5.74, 6) is -0.259. The molecule has 1 aromatic rings. The van der Waals surface area contributed by atoms with Gasteiger partial charge in [-0.15, -0.1) is 0 Å². The lowest BCUT2D eigenvalue weighted by Crippen LogP contribution is -2.43. The molecule has 3 nitrogen and oxygen atoms in total. The van der Waals surface area contributed by atoms with Crippen molar-refractivity contribution in [3.05, 3.63) is 33.8 Å². The van der Waals surface area contributed by atoms with Gasteiger partial charge in [0.1, 0.15) is 0 Å². The zero-order valence-electron chi connectivity index (χ0n) is 9.24. The van der Waals surface area contributed by atoms with Crippen LogP contribution in [0.4, 0.5) is 0 Å². The van der Waals surface area contributed by atoms with Crippen molar-refractivity contribution in [3.63, 3.8) is 0 Å². The maximum Gasteiger partial charge on any atom is 0.231 e. The topological polar surface area (TPSA) is 46.3 Å². The van der Waals surface area contributed by atoms with Crippen molar-refractivity contribution in [2.24, 2.45) is 5.73 Å². The first kappa shape index (κ1) is 11.6. The summed E-state index contributed by atoms with van der Waals surface area (Å²) in [6.07, 6.45) is 0.962. The normalized spacial score (nSPS) is 20.5. The zero-order chi connectivity index (χ0) is 11.7. The van der Waals surface area contributed by atoms with Crippen LogP contribution in [0.15, 0.2) is 22.7 Å². The van der Waals surface area contributed by atoms with Crippen LogP contribution in [0.3, 0.4) is 0 Å². The Morgan fingerprint density at radius 2 is 2.38 bits per heavy atom. The summed E-state index contributed by atoms with van der Waals surface area (Å²) in [7, 11) is 0. The predicted molar refractivity (Wildman–Crippen MR) is 66.9 cm³/mol. The molecule has 0 fully saturated rings. The second-order valence-corrected chi connectivity index (χ2v) is 5.16. The molecule has 1 heterocycles. The molecule has 1 amide bonds. The Labute approximate surface area is 104 Å². The van der Waals surface area contributed by atoms with Gasteiger partial charge in [-0.05, 0) is 30.5 Å². The Hall–Kier alpha value is -0.870. The van der Waals surface area contributed by atoms with Crippen LogP contribution < -0.4 is 5.73 Å². The number of hydrogen-bond acceptors (Lipinski definition) is 2. The zero-order valence-corrected chi connectivity index (χ0v) is 10.8. The fourth-order valence-electron chi connectivity index (χ4n) is 2.19. The van der Waals surface area contributed by atoms with E-state index in [1.54, 1.807) is 0 Å². The average molecular weight is 283 g/mol. The minimum Gasteiger partial charge on any atom is -0.369 e. The standard InChI is InChI=1S/C12H15BrN2O/c1-8-5-10-9(3-2-4-11(10)13)6-15(8)7-12(14)16/h2-4,8H,5-7H2,1H3,(H2,14,16). The van der Waals surface area contributed by atoms with Gasteiger partial charge >= 0.3 is 0 Å². The van der Waals surface area contributed by atoms with E-state index in [0.717, 1.165) is 17.4 Å². The van der Waals surface area contributed by atoms with Gasteiger partial charge in [-0.25, -0.2) is 0 Å². The predicted octanol–water partition coefficient (Wildman–Crippen LogP) is 1.68. The second-order valence-electron chi connectivity index (χ2n) is 4.30. The van der Waals surface area contributed by atoms with Crippen LogP contribution in [0, 0.1) is 0 Å². The first-order valence-electron chi connectivity index (χ1n) is 5.36. The lowest BCUT2D eigenvalue weighted by atomic mass is 9.95. The number of primary amides is 1. The Kier molecular flexibility index (Phi) is 3.30. The maximum atomic E-state index is 11.0. The third-order valence-electron chi connectivity index (χ3n) is 3.07. The molecule has 0 aliphatic carbocycles. The SMILES string of the molecule is CC1Cc2c(Br)cccc2CN1CC(N)=O. The van der Waals surface area contributed by atoms with E-state index >= 15 is 0 Å². The van der Waals surface area contributed by atoms with Gasteiger partial charge in [0.05, 0.1) is 6.54 Å². The van der Waals surface area contributed by atoms with E-state index in [2.05, 4.69) is 39.9 Å². The van der Waals surface area contributed by atoms with Crippen LogP contribution in [0.25, 0.3) is 0 Å². The molecular formula is C12H15BrN2O. The summed E-state index contributed by atoms with van der Waals surface area (Å²) in [5, 5.41) is 0. The number of benzene rings is 1. The Morgan fingerprint density at radius 1 is 1.62 bits per heavy atom. The number of rotatable bonds is 2. The van der Waals surface area contributed by atoms with Crippen molar-refractivity contribution >= 4 is 21.8 Å². The molecule has 0 saturated carbocycles. The van der Waals surface area contributed by atoms with Crippen molar-refractivity contribution in [2.45, 2.75) is 25.9 Å². The summed E-state index contributed by atoms with van der Waals surface area (Å²) in [4.78, 5) is 13.1. The Morgan fingerprint density at radius 3 is 3.06 bits per heavy atom. The van der Waals surface area contributed by atoms with Crippen molar-refractivity contribution < 1.29 is 4.79 Å². The number of halogens is 1. The molecule has 86 valence electrons. The van der Waals surface area contributed by atoms with E-state index in [9.17, 15) is 4.79 Å². The van der Waals surface area contributed by atoms with Gasteiger partial charge < -0.3 is 5.73 Å². The lowest BCUT2D eigenvalue weighted by molar-refractivity contribution is -0.119. The molecule has 4 heteroatoms. The molecule has 1 atom stereocenters. The summed E-state index contributed by atoms with van der Waals surface area (Å²) >= 11 is 3.57. The number of amides is 1. The lowest BCUT2D eigenvalue weighted by Gasteiger charge is -2.34. The quantitative estimate of drug-likeness (QED) is 0.897. The highest BCUT2D eigenvalue weighted by Gasteiger charge is 2.24. The van der Waals surface area contributed by atoms with Gasteiger partial charge in [0, 0.05) is 17.1 Å². The summed E-state index contributed by atoms with van der Waals surface area (Å²) < 4.78 is 1.16. The van der Waals surface area contributed by atoms with Crippen LogP contribution in [-0.4, -0.2) is 23.4 Å². The van der Waals surface area contributed by atoms with Crippen LogP contribution in [0.1, 0.15) is 18.1 Å². The van der Waals surface area contributed by atoms with E-state index < -0.39 is 0 Å². The molecule has 0 radical (unpaired) electrons. The Bertz CT molecular complexity index is 419. The van der Waals surface area contributed by atoms with Crippen molar-refractivity contribution in [1.82, 2.24) is 4.90 Å². The largest absolute Gasteiger partial charge is 0.369 e.